The minimum absolute atomic E-state index is 0.00304. The molecule has 398 valence electrons. The first kappa shape index (κ1) is 51.4. The molecule has 0 amide bonds. The quantitative estimate of drug-likeness (QED) is 0.0463. The minimum Gasteiger partial charge on any atom is -0.497 e. The number of halogens is 4. The standard InChI is InChI=1S/C64H68F4N2O6/c1-5-6-7-10-41-13-15-42(16-14-41)43-17-19-44(20-18-43)61(71)75-50-31-25-47(26-32-50)69-35-37-70(38-36-69)56-39-53-54(40-57(56)74-4)60-52(59-58(53)51-11-8-9-12-55(51)63(59,65)64(66,67)68)33-34-62(76-60,45-21-27-48(72-2)28-22-45)46-23-29-49(73-3)30-24-46/h8-9,11-12,21-34,39-44H,5-7,10,13-20,35-38H2,1-4H3/t41-,42-,43-,44-,63?. The monoisotopic (exact) mass is 1040 g/mol. The van der Waals surface area contributed by atoms with Gasteiger partial charge in [0, 0.05) is 65.1 Å². The molecule has 1 unspecified atom stereocenters. The zero-order valence-corrected chi connectivity index (χ0v) is 44.0. The summed E-state index contributed by atoms with van der Waals surface area (Å²) < 4.78 is 95.4. The van der Waals surface area contributed by atoms with E-state index in [0.29, 0.717) is 76.8 Å². The van der Waals surface area contributed by atoms with Crippen LogP contribution in [0.15, 0.2) is 115 Å². The van der Waals surface area contributed by atoms with Crippen LogP contribution in [0.3, 0.4) is 0 Å². The predicted octanol–water partition coefficient (Wildman–Crippen LogP) is 15.4. The number of hydrogen-bond donors (Lipinski definition) is 0. The average molecular weight is 1040 g/mol. The first-order valence-corrected chi connectivity index (χ1v) is 27.4. The van der Waals surface area contributed by atoms with Crippen LogP contribution in [0.1, 0.15) is 112 Å². The molecule has 2 aliphatic heterocycles. The lowest BCUT2D eigenvalue weighted by Crippen LogP contribution is -2.46. The van der Waals surface area contributed by atoms with Crippen molar-refractivity contribution in [2.45, 2.75) is 101 Å². The number of hydrogen-bond acceptors (Lipinski definition) is 8. The lowest BCUT2D eigenvalue weighted by atomic mass is 9.68. The van der Waals surface area contributed by atoms with Crippen LogP contribution in [0.5, 0.6) is 28.7 Å². The molecule has 3 aliphatic carbocycles. The second-order valence-corrected chi connectivity index (χ2v) is 21.7. The third-order valence-electron chi connectivity index (χ3n) is 17.6. The molecule has 1 saturated heterocycles. The van der Waals surface area contributed by atoms with Crippen molar-refractivity contribution < 1.29 is 46.0 Å². The van der Waals surface area contributed by atoms with Gasteiger partial charge in [-0.2, -0.15) is 13.2 Å². The molecule has 1 atom stereocenters. The van der Waals surface area contributed by atoms with Crippen molar-refractivity contribution in [3.8, 4) is 39.9 Å². The highest BCUT2D eigenvalue weighted by molar-refractivity contribution is 6.10. The van der Waals surface area contributed by atoms with Crippen LogP contribution < -0.4 is 33.5 Å². The van der Waals surface area contributed by atoms with Gasteiger partial charge in [0.15, 0.2) is 5.60 Å². The molecule has 11 rings (SSSR count). The van der Waals surface area contributed by atoms with Gasteiger partial charge >= 0.3 is 12.1 Å². The highest BCUT2D eigenvalue weighted by atomic mass is 19.4. The van der Waals surface area contributed by atoms with Gasteiger partial charge in [0.25, 0.3) is 5.67 Å². The van der Waals surface area contributed by atoms with Crippen LogP contribution in [0.4, 0.5) is 28.9 Å². The number of nitrogens with zero attached hydrogens (tertiary/aromatic N) is 2. The van der Waals surface area contributed by atoms with Gasteiger partial charge in [-0.15, -0.1) is 0 Å². The van der Waals surface area contributed by atoms with Crippen molar-refractivity contribution in [3.63, 3.8) is 0 Å². The topological polar surface area (TPSA) is 69.7 Å². The number of anilines is 2. The number of carbonyl (C=O) groups excluding carboxylic acids is 1. The van der Waals surface area contributed by atoms with Crippen LogP contribution in [0, 0.1) is 23.7 Å². The number of piperazine rings is 1. The molecule has 3 fully saturated rings. The Labute approximate surface area is 443 Å². The Balaban J connectivity index is 0.853. The molecule has 2 saturated carbocycles. The minimum atomic E-state index is -5.32. The van der Waals surface area contributed by atoms with Crippen LogP contribution in [-0.4, -0.2) is 59.7 Å². The first-order chi connectivity index (χ1) is 36.9. The molecule has 2 heterocycles. The van der Waals surface area contributed by atoms with Crippen molar-refractivity contribution in [1.82, 2.24) is 0 Å². The summed E-state index contributed by atoms with van der Waals surface area (Å²) in [7, 11) is 4.72. The van der Waals surface area contributed by atoms with E-state index in [2.05, 4.69) is 16.7 Å². The second-order valence-electron chi connectivity index (χ2n) is 21.7. The van der Waals surface area contributed by atoms with E-state index in [-0.39, 0.29) is 34.3 Å². The summed E-state index contributed by atoms with van der Waals surface area (Å²) in [6.45, 7) is 4.63. The Kier molecular flexibility index (Phi) is 14.2. The molecular weight excluding hydrogens is 969 g/mol. The van der Waals surface area contributed by atoms with E-state index in [4.69, 9.17) is 23.7 Å². The third kappa shape index (κ3) is 9.21. The fourth-order valence-corrected chi connectivity index (χ4v) is 13.4. The molecule has 0 radical (unpaired) electrons. The SMILES string of the molecule is CCCCC[C@H]1CC[C@H]([C@H]2CC[C@H](C(=O)Oc3ccc(N4CCN(c5cc6c7c(c8c(c6cc5OC)OC(c5ccc(OC)cc5)(c5ccc(OC)cc5)C=C8)C(F)(C(F)(F)F)c5ccccc5-7)CC4)cc3)CC2)CC1. The number of esters is 1. The molecule has 6 aromatic rings. The summed E-state index contributed by atoms with van der Waals surface area (Å²) in [5, 5.41) is 0.884. The van der Waals surface area contributed by atoms with Crippen molar-refractivity contribution in [2.75, 3.05) is 57.3 Å². The average Bonchev–Trinajstić information content (AvgIpc) is 3.86. The smallest absolute Gasteiger partial charge is 0.431 e. The summed E-state index contributed by atoms with van der Waals surface area (Å²) in [4.78, 5) is 17.9. The Morgan fingerprint density at radius 1 is 0.684 bits per heavy atom. The van der Waals surface area contributed by atoms with Crippen molar-refractivity contribution in [3.05, 3.63) is 143 Å². The number of benzene rings is 6. The van der Waals surface area contributed by atoms with Crippen molar-refractivity contribution >= 4 is 34.2 Å². The van der Waals surface area contributed by atoms with Gasteiger partial charge in [-0.05, 0) is 140 Å². The summed E-state index contributed by atoms with van der Waals surface area (Å²) >= 11 is 0. The van der Waals surface area contributed by atoms with Gasteiger partial charge in [0.2, 0.25) is 0 Å². The fourth-order valence-electron chi connectivity index (χ4n) is 13.4. The number of ether oxygens (including phenoxy) is 5. The lowest BCUT2D eigenvalue weighted by molar-refractivity contribution is -0.217. The van der Waals surface area contributed by atoms with Crippen molar-refractivity contribution in [1.29, 1.82) is 0 Å². The highest BCUT2D eigenvalue weighted by Crippen LogP contribution is 2.64. The molecule has 8 nitrogen and oxygen atoms in total. The summed E-state index contributed by atoms with van der Waals surface area (Å²) in [6.07, 6.45) is 12.8. The molecule has 5 aliphatic rings. The summed E-state index contributed by atoms with van der Waals surface area (Å²) in [5.41, 5.74) is -2.85. The zero-order valence-electron chi connectivity index (χ0n) is 44.0. The van der Waals surface area contributed by atoms with Gasteiger partial charge in [-0.1, -0.05) is 100 Å². The highest BCUT2D eigenvalue weighted by Gasteiger charge is 2.64. The van der Waals surface area contributed by atoms with E-state index in [1.807, 2.05) is 60.7 Å². The molecule has 76 heavy (non-hydrogen) atoms. The van der Waals surface area contributed by atoms with E-state index in [9.17, 15) is 4.79 Å². The van der Waals surface area contributed by atoms with Crippen LogP contribution in [-0.2, 0) is 16.1 Å². The van der Waals surface area contributed by atoms with Gasteiger partial charge < -0.3 is 33.5 Å². The molecule has 12 heteroatoms. The number of fused-ring (bicyclic) bond motifs is 8. The number of carbonyl (C=O) groups is 1. The van der Waals surface area contributed by atoms with Gasteiger partial charge in [-0.25, -0.2) is 4.39 Å². The fraction of sp³-hybridized carbons (Fsp3) is 0.422. The molecule has 0 bridgehead atoms. The molecule has 0 aromatic heterocycles. The third-order valence-corrected chi connectivity index (χ3v) is 17.6. The maximum absolute atomic E-state index is 17.9. The number of rotatable bonds is 14. The summed E-state index contributed by atoms with van der Waals surface area (Å²) in [5.74, 6) is 4.60. The Bertz CT molecular complexity index is 3030. The normalized spacial score (nSPS) is 22.8. The van der Waals surface area contributed by atoms with Gasteiger partial charge in [-0.3, -0.25) is 4.79 Å². The molecule has 0 N–H and O–H groups in total. The van der Waals surface area contributed by atoms with Gasteiger partial charge in [0.05, 0.1) is 32.9 Å². The lowest BCUT2D eigenvalue weighted by Gasteiger charge is -2.39. The Morgan fingerprint density at radius 2 is 1.28 bits per heavy atom. The zero-order chi connectivity index (χ0) is 52.8. The number of methoxy groups -OCH3 is 3. The largest absolute Gasteiger partial charge is 0.497 e. The van der Waals surface area contributed by atoms with Crippen LogP contribution in [0.2, 0.25) is 0 Å². The Morgan fingerprint density at radius 3 is 1.87 bits per heavy atom. The maximum Gasteiger partial charge on any atom is 0.431 e. The Hall–Kier alpha value is -6.69. The maximum atomic E-state index is 17.9. The van der Waals surface area contributed by atoms with E-state index >= 15 is 17.6 Å². The predicted molar refractivity (Wildman–Crippen MR) is 292 cm³/mol. The molecule has 0 spiro atoms. The molecular formula is C64H68F4N2O6. The van der Waals surface area contributed by atoms with E-state index in [1.165, 1.54) is 63.5 Å². The van der Waals surface area contributed by atoms with Crippen molar-refractivity contribution in [2.24, 2.45) is 23.7 Å². The summed E-state index contributed by atoms with van der Waals surface area (Å²) in [6, 6.07) is 31.9. The number of unbranched alkanes of at least 4 members (excludes halogenated alkanes) is 2. The number of alkyl halides is 4. The second kappa shape index (κ2) is 21.0. The van der Waals surface area contributed by atoms with E-state index in [1.54, 1.807) is 69.9 Å². The first-order valence-electron chi connectivity index (χ1n) is 27.4. The van der Waals surface area contributed by atoms with Crippen LogP contribution >= 0.6 is 0 Å². The van der Waals surface area contributed by atoms with Gasteiger partial charge in [0.1, 0.15) is 28.7 Å². The van der Waals surface area contributed by atoms with Crippen LogP contribution in [0.25, 0.3) is 28.0 Å². The van der Waals surface area contributed by atoms with E-state index in [0.717, 1.165) is 49.1 Å². The molecule has 6 aromatic carbocycles. The van der Waals surface area contributed by atoms with E-state index < -0.39 is 28.6 Å².